The molecule has 9 N–H and O–H groups in total. The van der Waals surface area contributed by atoms with Crippen LogP contribution < -0.4 is 5.73 Å². The Hall–Kier alpha value is -1.67. The fraction of sp³-hybridized carbons (Fsp3) is 0.667. The third-order valence-corrected chi connectivity index (χ3v) is 7.61. The fourth-order valence-electron chi connectivity index (χ4n) is 3.11. The maximum absolute atomic E-state index is 12.1. The molecule has 19 nitrogen and oxygen atoms in total. The van der Waals surface area contributed by atoms with Gasteiger partial charge in [-0.3, -0.25) is 13.6 Å². The van der Waals surface area contributed by atoms with Crippen LogP contribution in [0.1, 0.15) is 6.23 Å². The molecule has 204 valence electrons. The molecule has 3 heterocycles. The number of nitrogen functional groups attached to an aromatic ring is 1. The van der Waals surface area contributed by atoms with Gasteiger partial charge in [-0.1, -0.05) is 0 Å². The van der Waals surface area contributed by atoms with Gasteiger partial charge in [-0.2, -0.15) is 4.31 Å². The van der Waals surface area contributed by atoms with Crippen molar-refractivity contribution in [2.45, 2.75) is 43.0 Å². The normalized spacial score (nSPS) is 28.4. The maximum Gasteiger partial charge on any atom is 0.481 e. The van der Waals surface area contributed by atoms with Gasteiger partial charge in [0.05, 0.1) is 19.5 Å². The standard InChI is InChI=1S/C15H25N5O14P2/c1-30-6(10(22)14(24)20-5-19-8-12(16)17-4-18-13(8)20)2-31-35(26,27)34-36(28,29)32-3-7-9(21)11(23)15(25)33-7/h4-7,9-11,14-15,21-25H,2-3H2,1H3,(H,26,27)(H,28,29)(H2,16,17,18). The Morgan fingerprint density at radius 2 is 1.78 bits per heavy atom. The third kappa shape index (κ3) is 6.60. The van der Waals surface area contributed by atoms with Crippen molar-refractivity contribution in [3.05, 3.63) is 12.7 Å². The molecule has 0 aliphatic carbocycles. The minimum atomic E-state index is -5.33. The molecule has 0 aromatic carbocycles. The van der Waals surface area contributed by atoms with Crippen LogP contribution in [0.4, 0.5) is 5.82 Å². The summed E-state index contributed by atoms with van der Waals surface area (Å²) in [6, 6.07) is 0. The van der Waals surface area contributed by atoms with Crippen LogP contribution in [0.15, 0.2) is 12.7 Å². The number of methoxy groups -OCH3 is 1. The van der Waals surface area contributed by atoms with Crippen LogP contribution in [0.5, 0.6) is 0 Å². The molecule has 1 fully saturated rings. The van der Waals surface area contributed by atoms with Crippen LogP contribution >= 0.6 is 15.6 Å². The Morgan fingerprint density at radius 3 is 2.39 bits per heavy atom. The van der Waals surface area contributed by atoms with Crippen LogP contribution in [0.3, 0.4) is 0 Å². The van der Waals surface area contributed by atoms with E-state index in [1.165, 1.54) is 0 Å². The van der Waals surface area contributed by atoms with Gasteiger partial charge in [0.1, 0.15) is 42.4 Å². The van der Waals surface area contributed by atoms with Gasteiger partial charge < -0.3 is 50.5 Å². The second-order valence-electron chi connectivity index (χ2n) is 7.42. The molecule has 9 atom stereocenters. The van der Waals surface area contributed by atoms with Crippen LogP contribution in [0, 0.1) is 0 Å². The van der Waals surface area contributed by atoms with Gasteiger partial charge in [-0.15, -0.1) is 0 Å². The first-order valence-electron chi connectivity index (χ1n) is 9.94. The SMILES string of the molecule is COC(COP(=O)(O)OP(=O)(O)OCC1OC(O)C(O)C1O)C(O)C(O)n1cnc2c(N)ncnc21. The predicted molar refractivity (Wildman–Crippen MR) is 113 cm³/mol. The lowest BCUT2D eigenvalue weighted by atomic mass is 10.1. The Labute approximate surface area is 201 Å². The Balaban J connectivity index is 1.57. The summed E-state index contributed by atoms with van der Waals surface area (Å²) in [4.78, 5) is 31.1. The minimum Gasteiger partial charge on any atom is -0.387 e. The third-order valence-electron chi connectivity index (χ3n) is 5.01. The van der Waals surface area contributed by atoms with Crippen LogP contribution in [-0.4, -0.2) is 112 Å². The summed E-state index contributed by atoms with van der Waals surface area (Å²) < 4.78 is 48.0. The zero-order chi connectivity index (χ0) is 26.8. The largest absolute Gasteiger partial charge is 0.481 e. The molecule has 9 unspecified atom stereocenters. The topological polar surface area (TPSA) is 292 Å². The quantitative estimate of drug-likeness (QED) is 0.119. The molecule has 0 spiro atoms. The molecule has 0 radical (unpaired) electrons. The molecule has 0 saturated carbocycles. The van der Waals surface area contributed by atoms with Gasteiger partial charge in [0, 0.05) is 7.11 Å². The van der Waals surface area contributed by atoms with E-state index in [1.807, 2.05) is 0 Å². The Kier molecular flexibility index (Phi) is 9.13. The molecule has 1 aliphatic heterocycles. The van der Waals surface area contributed by atoms with Crippen molar-refractivity contribution in [2.24, 2.45) is 0 Å². The van der Waals surface area contributed by atoms with Crippen LogP contribution in [-0.2, 0) is 32.0 Å². The second-order valence-corrected chi connectivity index (χ2v) is 10.5. The molecule has 0 amide bonds. The number of phosphoric acid groups is 2. The molecule has 2 aromatic heterocycles. The Morgan fingerprint density at radius 1 is 1.11 bits per heavy atom. The summed E-state index contributed by atoms with van der Waals surface area (Å²) in [6.45, 7) is -1.84. The number of aliphatic hydroxyl groups excluding tert-OH is 5. The molecule has 36 heavy (non-hydrogen) atoms. The van der Waals surface area contributed by atoms with Crippen molar-refractivity contribution in [1.82, 2.24) is 19.5 Å². The van der Waals surface area contributed by atoms with Crippen molar-refractivity contribution in [3.63, 3.8) is 0 Å². The summed E-state index contributed by atoms with van der Waals surface area (Å²) in [5, 5.41) is 49.3. The number of aromatic nitrogens is 4. The Bertz CT molecular complexity index is 1140. The van der Waals surface area contributed by atoms with Crippen molar-refractivity contribution >= 4 is 32.6 Å². The monoisotopic (exact) mass is 561 g/mol. The molecular weight excluding hydrogens is 536 g/mol. The maximum atomic E-state index is 12.1. The summed E-state index contributed by atoms with van der Waals surface area (Å²) in [6.07, 6.45) is -9.45. The zero-order valence-electron chi connectivity index (χ0n) is 18.4. The molecular formula is C15H25N5O14P2. The van der Waals surface area contributed by atoms with E-state index in [0.29, 0.717) is 0 Å². The van der Waals surface area contributed by atoms with Crippen molar-refractivity contribution in [1.29, 1.82) is 0 Å². The molecule has 0 bridgehead atoms. The first-order chi connectivity index (χ1) is 16.8. The predicted octanol–water partition coefficient (Wildman–Crippen LogP) is -3.04. The first kappa shape index (κ1) is 28.9. The van der Waals surface area contributed by atoms with Crippen molar-refractivity contribution in [2.75, 3.05) is 26.1 Å². The lowest BCUT2D eigenvalue weighted by Gasteiger charge is -2.27. The van der Waals surface area contributed by atoms with Gasteiger partial charge in [0.2, 0.25) is 0 Å². The molecule has 3 rings (SSSR count). The minimum absolute atomic E-state index is 0.0162. The van der Waals surface area contributed by atoms with Crippen molar-refractivity contribution in [3.8, 4) is 0 Å². The van der Waals surface area contributed by atoms with Crippen LogP contribution in [0.25, 0.3) is 11.2 Å². The van der Waals surface area contributed by atoms with E-state index in [4.69, 9.17) is 15.2 Å². The van der Waals surface area contributed by atoms with E-state index in [-0.39, 0.29) is 17.0 Å². The van der Waals surface area contributed by atoms with Gasteiger partial charge >= 0.3 is 15.6 Å². The highest BCUT2D eigenvalue weighted by Crippen LogP contribution is 2.60. The number of imidazole rings is 1. The number of hydrogen-bond donors (Lipinski definition) is 8. The summed E-state index contributed by atoms with van der Waals surface area (Å²) in [7, 11) is -9.55. The van der Waals surface area contributed by atoms with E-state index >= 15 is 0 Å². The van der Waals surface area contributed by atoms with E-state index < -0.39 is 71.9 Å². The number of fused-ring (bicyclic) bond motifs is 1. The summed E-state index contributed by atoms with van der Waals surface area (Å²) >= 11 is 0. The van der Waals surface area contributed by atoms with E-state index in [1.54, 1.807) is 0 Å². The molecule has 1 saturated heterocycles. The highest BCUT2D eigenvalue weighted by atomic mass is 31.3. The average molecular weight is 561 g/mol. The number of rotatable bonds is 12. The number of ether oxygens (including phenoxy) is 2. The average Bonchev–Trinajstić information content (AvgIpc) is 3.34. The van der Waals surface area contributed by atoms with Crippen molar-refractivity contribution < 1.29 is 67.3 Å². The van der Waals surface area contributed by atoms with E-state index in [9.17, 15) is 44.4 Å². The van der Waals surface area contributed by atoms with Crippen LogP contribution in [0.2, 0.25) is 0 Å². The number of nitrogens with two attached hydrogens (primary N) is 1. The fourth-order valence-corrected chi connectivity index (χ4v) is 5.20. The number of phosphoric ester groups is 2. The first-order valence-corrected chi connectivity index (χ1v) is 12.9. The van der Waals surface area contributed by atoms with Gasteiger partial charge in [-0.25, -0.2) is 24.1 Å². The molecule has 2 aromatic rings. The van der Waals surface area contributed by atoms with E-state index in [0.717, 1.165) is 24.3 Å². The number of hydrogen-bond acceptors (Lipinski definition) is 16. The number of aliphatic hydroxyl groups is 5. The smallest absolute Gasteiger partial charge is 0.387 e. The summed E-state index contributed by atoms with van der Waals surface area (Å²) in [5.74, 6) is 0.0162. The zero-order valence-corrected chi connectivity index (χ0v) is 20.1. The highest BCUT2D eigenvalue weighted by Gasteiger charge is 2.44. The lowest BCUT2D eigenvalue weighted by Crippen LogP contribution is -2.39. The molecule has 21 heteroatoms. The van der Waals surface area contributed by atoms with E-state index in [2.05, 4.69) is 28.3 Å². The molecule has 1 aliphatic rings. The second kappa shape index (κ2) is 11.4. The highest BCUT2D eigenvalue weighted by molar-refractivity contribution is 7.61. The van der Waals surface area contributed by atoms with Gasteiger partial charge in [0.25, 0.3) is 0 Å². The number of anilines is 1. The van der Waals surface area contributed by atoms with Gasteiger partial charge in [-0.05, 0) is 0 Å². The number of nitrogens with zero attached hydrogens (tertiary/aromatic N) is 4. The lowest BCUT2D eigenvalue weighted by molar-refractivity contribution is -0.132. The van der Waals surface area contributed by atoms with Gasteiger partial charge in [0.15, 0.2) is 24.0 Å². The summed E-state index contributed by atoms with van der Waals surface area (Å²) in [5.41, 5.74) is 5.87.